The zero-order chi connectivity index (χ0) is 18.2. The molecule has 4 nitrogen and oxygen atoms in total. The van der Waals surface area contributed by atoms with Gasteiger partial charge in [-0.2, -0.15) is 0 Å². The van der Waals surface area contributed by atoms with Crippen molar-refractivity contribution in [1.82, 2.24) is 4.90 Å². The highest BCUT2D eigenvalue weighted by molar-refractivity contribution is 6.08. The van der Waals surface area contributed by atoms with Gasteiger partial charge in [0.15, 0.2) is 5.78 Å². The molecule has 0 amide bonds. The molecule has 0 spiro atoms. The van der Waals surface area contributed by atoms with Crippen LogP contribution >= 0.6 is 0 Å². The molecule has 2 aromatic carbocycles. The van der Waals surface area contributed by atoms with Crippen molar-refractivity contribution in [2.45, 2.75) is 12.5 Å². The van der Waals surface area contributed by atoms with Gasteiger partial charge in [-0.15, -0.1) is 0 Å². The molecule has 0 heterocycles. The molecule has 130 valence electrons. The summed E-state index contributed by atoms with van der Waals surface area (Å²) in [6.07, 6.45) is 1.83. The molecule has 25 heavy (non-hydrogen) atoms. The van der Waals surface area contributed by atoms with E-state index in [-0.39, 0.29) is 11.8 Å². The second-order valence-corrected chi connectivity index (χ2v) is 5.96. The van der Waals surface area contributed by atoms with Crippen LogP contribution < -0.4 is 0 Å². The highest BCUT2D eigenvalue weighted by Gasteiger charge is 2.16. The van der Waals surface area contributed by atoms with Crippen LogP contribution in [0.25, 0.3) is 0 Å². The smallest absolute Gasteiger partial charge is 0.330 e. The van der Waals surface area contributed by atoms with Crippen molar-refractivity contribution >= 4 is 11.8 Å². The van der Waals surface area contributed by atoms with Crippen molar-refractivity contribution in [1.29, 1.82) is 0 Å². The number of esters is 1. The van der Waals surface area contributed by atoms with Crippen molar-refractivity contribution in [3.05, 3.63) is 83.9 Å². The Balaban J connectivity index is 2.09. The number of carbonyl (C=O) groups excluding carboxylic acids is 2. The summed E-state index contributed by atoms with van der Waals surface area (Å²) in [6, 6.07) is 16.9. The number of hydrogen-bond donors (Lipinski definition) is 0. The van der Waals surface area contributed by atoms with Gasteiger partial charge in [0, 0.05) is 29.7 Å². The molecule has 0 aromatic heterocycles. The quantitative estimate of drug-likeness (QED) is 0.419. The van der Waals surface area contributed by atoms with E-state index in [0.717, 1.165) is 11.6 Å². The standard InChI is InChI=1S/C21H23NO3/c1-4-20(23)25-15-14-19(22(2)3)16-10-12-18(13-11-16)21(24)17-8-6-5-7-9-17/h4-13,19H,1,14-15H2,2-3H3. The predicted octanol–water partition coefficient (Wildman–Crippen LogP) is 3.64. The van der Waals surface area contributed by atoms with Gasteiger partial charge in [0.1, 0.15) is 0 Å². The van der Waals surface area contributed by atoms with Gasteiger partial charge >= 0.3 is 5.97 Å². The van der Waals surface area contributed by atoms with E-state index in [1.165, 1.54) is 0 Å². The average molecular weight is 337 g/mol. The summed E-state index contributed by atoms with van der Waals surface area (Å²) >= 11 is 0. The minimum absolute atomic E-state index is 0.00784. The van der Waals surface area contributed by atoms with E-state index >= 15 is 0 Å². The number of hydrogen-bond acceptors (Lipinski definition) is 4. The molecule has 1 atom stereocenters. The maximum atomic E-state index is 12.5. The maximum Gasteiger partial charge on any atom is 0.330 e. The Morgan fingerprint density at radius 3 is 2.20 bits per heavy atom. The van der Waals surface area contributed by atoms with Gasteiger partial charge in [-0.25, -0.2) is 4.79 Å². The van der Waals surface area contributed by atoms with Crippen LogP contribution in [0, 0.1) is 0 Å². The number of nitrogens with zero attached hydrogens (tertiary/aromatic N) is 1. The van der Waals surface area contributed by atoms with Gasteiger partial charge in [0.25, 0.3) is 0 Å². The van der Waals surface area contributed by atoms with Crippen molar-refractivity contribution in [3.63, 3.8) is 0 Å². The van der Waals surface area contributed by atoms with Gasteiger partial charge in [0.05, 0.1) is 6.61 Å². The molecular weight excluding hydrogens is 314 g/mol. The molecule has 0 radical (unpaired) electrons. The summed E-state index contributed by atoms with van der Waals surface area (Å²) < 4.78 is 5.08. The fourth-order valence-corrected chi connectivity index (χ4v) is 2.67. The van der Waals surface area contributed by atoms with Crippen molar-refractivity contribution in [2.24, 2.45) is 0 Å². The van der Waals surface area contributed by atoms with Crippen LogP contribution in [0.3, 0.4) is 0 Å². The Labute approximate surface area is 148 Å². The maximum absolute atomic E-state index is 12.5. The summed E-state index contributed by atoms with van der Waals surface area (Å²) in [5.74, 6) is -0.408. The average Bonchev–Trinajstić information content (AvgIpc) is 2.65. The van der Waals surface area contributed by atoms with Crippen LogP contribution in [-0.2, 0) is 9.53 Å². The number of rotatable bonds is 8. The summed E-state index contributed by atoms with van der Waals surface area (Å²) in [5.41, 5.74) is 2.41. The first kappa shape index (κ1) is 18.6. The number of ketones is 1. The van der Waals surface area contributed by atoms with E-state index in [1.54, 1.807) is 0 Å². The van der Waals surface area contributed by atoms with E-state index in [4.69, 9.17) is 4.74 Å². The van der Waals surface area contributed by atoms with E-state index in [1.807, 2.05) is 68.7 Å². The second-order valence-electron chi connectivity index (χ2n) is 5.96. The SMILES string of the molecule is C=CC(=O)OCCC(c1ccc(C(=O)c2ccccc2)cc1)N(C)C. The summed E-state index contributed by atoms with van der Waals surface area (Å²) in [5, 5.41) is 0. The lowest BCUT2D eigenvalue weighted by atomic mass is 9.98. The minimum atomic E-state index is -0.415. The van der Waals surface area contributed by atoms with Crippen LogP contribution in [0.1, 0.15) is 33.9 Å². The van der Waals surface area contributed by atoms with Crippen LogP contribution in [0.2, 0.25) is 0 Å². The zero-order valence-corrected chi connectivity index (χ0v) is 14.6. The lowest BCUT2D eigenvalue weighted by Crippen LogP contribution is -2.22. The van der Waals surface area contributed by atoms with E-state index in [0.29, 0.717) is 24.2 Å². The van der Waals surface area contributed by atoms with Gasteiger partial charge < -0.3 is 9.64 Å². The molecule has 0 N–H and O–H groups in total. The molecule has 0 saturated heterocycles. The second kappa shape index (κ2) is 8.94. The lowest BCUT2D eigenvalue weighted by Gasteiger charge is -2.24. The fraction of sp³-hybridized carbons (Fsp3) is 0.238. The molecule has 0 aliphatic heterocycles. The third-order valence-electron chi connectivity index (χ3n) is 4.02. The molecule has 0 aliphatic rings. The van der Waals surface area contributed by atoms with E-state index in [2.05, 4.69) is 11.5 Å². The first-order valence-electron chi connectivity index (χ1n) is 8.18. The zero-order valence-electron chi connectivity index (χ0n) is 14.6. The van der Waals surface area contributed by atoms with Crippen LogP contribution in [0.5, 0.6) is 0 Å². The Bertz CT molecular complexity index is 721. The summed E-state index contributed by atoms with van der Waals surface area (Å²) in [7, 11) is 3.95. The van der Waals surface area contributed by atoms with Gasteiger partial charge in [-0.1, -0.05) is 61.2 Å². The highest BCUT2D eigenvalue weighted by Crippen LogP contribution is 2.23. The number of benzene rings is 2. The Hall–Kier alpha value is -2.72. The van der Waals surface area contributed by atoms with Crippen molar-refractivity contribution < 1.29 is 14.3 Å². The summed E-state index contributed by atoms with van der Waals surface area (Å²) in [4.78, 5) is 25.7. The van der Waals surface area contributed by atoms with Crippen molar-refractivity contribution in [3.8, 4) is 0 Å². The Morgan fingerprint density at radius 1 is 1.04 bits per heavy atom. The fourth-order valence-electron chi connectivity index (χ4n) is 2.67. The highest BCUT2D eigenvalue weighted by atomic mass is 16.5. The molecule has 2 aromatic rings. The molecule has 0 bridgehead atoms. The molecule has 2 rings (SSSR count). The number of carbonyl (C=O) groups is 2. The van der Waals surface area contributed by atoms with Crippen LogP contribution in [0.4, 0.5) is 0 Å². The van der Waals surface area contributed by atoms with Gasteiger partial charge in [0.2, 0.25) is 0 Å². The van der Waals surface area contributed by atoms with Crippen LogP contribution in [0.15, 0.2) is 67.3 Å². The molecule has 0 aliphatic carbocycles. The first-order chi connectivity index (χ1) is 12.0. The molecule has 0 fully saturated rings. The third kappa shape index (κ3) is 5.13. The first-order valence-corrected chi connectivity index (χ1v) is 8.18. The predicted molar refractivity (Wildman–Crippen MR) is 98.5 cm³/mol. The minimum Gasteiger partial charge on any atom is -0.462 e. The topological polar surface area (TPSA) is 46.6 Å². The van der Waals surface area contributed by atoms with Crippen LogP contribution in [-0.4, -0.2) is 37.4 Å². The monoisotopic (exact) mass is 337 g/mol. The third-order valence-corrected chi connectivity index (χ3v) is 4.02. The largest absolute Gasteiger partial charge is 0.462 e. The number of ether oxygens (including phenoxy) is 1. The van der Waals surface area contributed by atoms with Gasteiger partial charge in [-0.05, 0) is 19.7 Å². The molecule has 1 unspecified atom stereocenters. The van der Waals surface area contributed by atoms with Gasteiger partial charge in [-0.3, -0.25) is 4.79 Å². The lowest BCUT2D eigenvalue weighted by molar-refractivity contribution is -0.138. The summed E-state index contributed by atoms with van der Waals surface area (Å²) in [6.45, 7) is 3.70. The van der Waals surface area contributed by atoms with Crippen molar-refractivity contribution in [2.75, 3.05) is 20.7 Å². The molecule has 0 saturated carbocycles. The van der Waals surface area contributed by atoms with E-state index in [9.17, 15) is 9.59 Å². The molecular formula is C21H23NO3. The van der Waals surface area contributed by atoms with E-state index < -0.39 is 5.97 Å². The molecule has 4 heteroatoms. The Kier molecular flexibility index (Phi) is 6.66. The normalized spacial score (nSPS) is 11.8. The Morgan fingerprint density at radius 2 is 1.64 bits per heavy atom.